The SMILES string of the molecule is C=C(/C=C\C)c1ccc2c(c1)C1(c3ccccc3-c3ccccc31)c1ccccc1-2.Cc1cccc2c1sc1ccccc12. The van der Waals surface area contributed by atoms with Gasteiger partial charge in [0.1, 0.15) is 0 Å². The molecule has 1 spiro atoms. The highest BCUT2D eigenvalue weighted by Crippen LogP contribution is 2.62. The van der Waals surface area contributed by atoms with Crippen molar-refractivity contribution in [3.63, 3.8) is 0 Å². The van der Waals surface area contributed by atoms with Crippen molar-refractivity contribution in [1.29, 1.82) is 0 Å². The van der Waals surface area contributed by atoms with E-state index in [0.29, 0.717) is 0 Å². The van der Waals surface area contributed by atoms with Crippen LogP contribution in [0.3, 0.4) is 0 Å². The second-order valence-corrected chi connectivity index (χ2v) is 12.8. The second-order valence-electron chi connectivity index (χ2n) is 11.7. The molecule has 7 aromatic rings. The van der Waals surface area contributed by atoms with Gasteiger partial charge >= 0.3 is 0 Å². The van der Waals surface area contributed by atoms with Gasteiger partial charge in [-0.3, -0.25) is 0 Å². The topological polar surface area (TPSA) is 0 Å². The number of fused-ring (bicyclic) bond motifs is 13. The Morgan fingerprint density at radius 2 is 1.14 bits per heavy atom. The lowest BCUT2D eigenvalue weighted by Gasteiger charge is -2.30. The molecule has 0 unspecified atom stereocenters. The van der Waals surface area contributed by atoms with E-state index in [1.54, 1.807) is 0 Å². The first-order chi connectivity index (χ1) is 21.6. The number of rotatable bonds is 2. The molecule has 2 aliphatic carbocycles. The van der Waals surface area contributed by atoms with Crippen LogP contribution >= 0.6 is 11.3 Å². The first kappa shape index (κ1) is 26.6. The molecule has 0 radical (unpaired) electrons. The molecule has 44 heavy (non-hydrogen) atoms. The van der Waals surface area contributed by atoms with Crippen LogP contribution in [0, 0.1) is 6.92 Å². The average molecular weight is 581 g/mol. The minimum Gasteiger partial charge on any atom is -0.135 e. The summed E-state index contributed by atoms with van der Waals surface area (Å²) in [6.45, 7) is 8.53. The van der Waals surface area contributed by atoms with Gasteiger partial charge in [-0.15, -0.1) is 11.3 Å². The molecule has 0 saturated heterocycles. The van der Waals surface area contributed by atoms with Crippen LogP contribution in [0.5, 0.6) is 0 Å². The van der Waals surface area contributed by atoms with Crippen molar-refractivity contribution in [2.75, 3.05) is 0 Å². The van der Waals surface area contributed by atoms with Gasteiger partial charge < -0.3 is 0 Å². The zero-order valence-electron chi connectivity index (χ0n) is 25.0. The number of hydrogen-bond acceptors (Lipinski definition) is 1. The van der Waals surface area contributed by atoms with Gasteiger partial charge in [-0.1, -0.05) is 140 Å². The Labute approximate surface area is 263 Å². The molecule has 1 heteroatoms. The van der Waals surface area contributed by atoms with Crippen molar-refractivity contribution in [3.8, 4) is 22.3 Å². The van der Waals surface area contributed by atoms with Crippen LogP contribution in [0.15, 0.2) is 152 Å². The smallest absolute Gasteiger partial charge is 0.0725 e. The number of thiophene rings is 1. The minimum atomic E-state index is -0.272. The summed E-state index contributed by atoms with van der Waals surface area (Å²) >= 11 is 1.89. The van der Waals surface area contributed by atoms with Gasteiger partial charge in [0.15, 0.2) is 0 Å². The minimum absolute atomic E-state index is 0.272. The van der Waals surface area contributed by atoms with E-state index in [0.717, 1.165) is 5.57 Å². The lowest BCUT2D eigenvalue weighted by atomic mass is 9.70. The maximum Gasteiger partial charge on any atom is 0.0725 e. The number of hydrogen-bond donors (Lipinski definition) is 0. The lowest BCUT2D eigenvalue weighted by Crippen LogP contribution is -2.25. The molecule has 210 valence electrons. The molecule has 0 nitrogen and oxygen atoms in total. The third-order valence-corrected chi connectivity index (χ3v) is 10.7. The Morgan fingerprint density at radius 1 is 0.591 bits per heavy atom. The van der Waals surface area contributed by atoms with Gasteiger partial charge in [-0.2, -0.15) is 0 Å². The molecule has 6 aromatic carbocycles. The van der Waals surface area contributed by atoms with Crippen LogP contribution in [0.25, 0.3) is 48.0 Å². The van der Waals surface area contributed by atoms with Crippen LogP contribution in [0.2, 0.25) is 0 Å². The molecule has 0 aliphatic heterocycles. The molecule has 1 aromatic heterocycles. The summed E-state index contributed by atoms with van der Waals surface area (Å²) in [4.78, 5) is 0. The van der Waals surface area contributed by atoms with E-state index < -0.39 is 0 Å². The number of benzene rings is 6. The average Bonchev–Trinajstić information content (AvgIpc) is 3.70. The Morgan fingerprint density at radius 3 is 1.77 bits per heavy atom. The van der Waals surface area contributed by atoms with E-state index in [4.69, 9.17) is 0 Å². The van der Waals surface area contributed by atoms with E-state index in [9.17, 15) is 0 Å². The Kier molecular flexibility index (Phi) is 6.25. The summed E-state index contributed by atoms with van der Waals surface area (Å²) in [5, 5.41) is 2.78. The maximum absolute atomic E-state index is 4.31. The molecule has 1 heterocycles. The molecule has 2 aliphatic rings. The van der Waals surface area contributed by atoms with E-state index >= 15 is 0 Å². The van der Waals surface area contributed by atoms with Crippen molar-refractivity contribution in [2.45, 2.75) is 19.3 Å². The van der Waals surface area contributed by atoms with Gasteiger partial charge in [0.2, 0.25) is 0 Å². The molecule has 0 amide bonds. The van der Waals surface area contributed by atoms with Gasteiger partial charge in [0.05, 0.1) is 5.41 Å². The highest BCUT2D eigenvalue weighted by Gasteiger charge is 2.51. The third kappa shape index (κ3) is 3.76. The van der Waals surface area contributed by atoms with Crippen molar-refractivity contribution in [1.82, 2.24) is 0 Å². The highest BCUT2D eigenvalue weighted by molar-refractivity contribution is 7.26. The fourth-order valence-corrected chi connectivity index (χ4v) is 8.65. The molecular weight excluding hydrogens is 549 g/mol. The van der Waals surface area contributed by atoms with E-state index in [1.165, 1.54) is 75.8 Å². The Bertz CT molecular complexity index is 2210. The predicted molar refractivity (Wildman–Crippen MR) is 191 cm³/mol. The van der Waals surface area contributed by atoms with Gasteiger partial charge in [0, 0.05) is 20.2 Å². The lowest BCUT2D eigenvalue weighted by molar-refractivity contribution is 0.793. The maximum atomic E-state index is 4.31. The van der Waals surface area contributed by atoms with Crippen molar-refractivity contribution >= 4 is 37.1 Å². The van der Waals surface area contributed by atoms with Crippen molar-refractivity contribution in [3.05, 3.63) is 186 Å². The van der Waals surface area contributed by atoms with Crippen LogP contribution in [-0.4, -0.2) is 0 Å². The monoisotopic (exact) mass is 580 g/mol. The summed E-state index contributed by atoms with van der Waals surface area (Å²) in [7, 11) is 0. The standard InChI is InChI=1S/C30H22.C13H10S/c1-3-10-20(2)21-17-18-25-24-13-6-9-16-28(24)30(29(25)19-21)26-14-7-4-11-22(26)23-12-5-8-15-27(23)30;1-9-5-4-7-11-10-6-2-3-8-12(10)14-13(9)11/h3-19H,2H2,1H3;2-8H,1H3/b10-3-;. The van der Waals surface area contributed by atoms with Crippen LogP contribution < -0.4 is 0 Å². The highest BCUT2D eigenvalue weighted by atomic mass is 32.1. The van der Waals surface area contributed by atoms with E-state index in [2.05, 4.69) is 159 Å². The Balaban J connectivity index is 0.000000172. The normalized spacial score (nSPS) is 13.4. The van der Waals surface area contributed by atoms with Crippen molar-refractivity contribution in [2.24, 2.45) is 0 Å². The zero-order valence-corrected chi connectivity index (χ0v) is 25.8. The molecule has 0 fully saturated rings. The molecule has 0 bridgehead atoms. The second kappa shape index (κ2) is 10.3. The summed E-state index contributed by atoms with van der Waals surface area (Å²) in [6, 6.07) is 48.7. The first-order valence-electron chi connectivity index (χ1n) is 15.3. The first-order valence-corrected chi connectivity index (χ1v) is 16.1. The summed E-state index contributed by atoms with van der Waals surface area (Å²) < 4.78 is 2.81. The van der Waals surface area contributed by atoms with Crippen LogP contribution in [0.1, 0.15) is 40.3 Å². The van der Waals surface area contributed by atoms with Crippen LogP contribution in [-0.2, 0) is 5.41 Å². The fourth-order valence-electron chi connectivity index (χ4n) is 7.48. The number of allylic oxidation sites excluding steroid dienone is 3. The molecule has 0 saturated carbocycles. The van der Waals surface area contributed by atoms with Crippen molar-refractivity contribution < 1.29 is 0 Å². The van der Waals surface area contributed by atoms with Gasteiger partial charge in [0.25, 0.3) is 0 Å². The summed E-state index contributed by atoms with van der Waals surface area (Å²) in [5.74, 6) is 0. The number of aryl methyl sites for hydroxylation is 1. The van der Waals surface area contributed by atoms with E-state index in [-0.39, 0.29) is 5.41 Å². The molecule has 0 N–H and O–H groups in total. The fraction of sp³-hybridized carbons (Fsp3) is 0.0698. The summed E-state index contributed by atoms with van der Waals surface area (Å²) in [5.41, 5.74) is 14.2. The zero-order chi connectivity index (χ0) is 29.8. The molecular formula is C43H32S. The van der Waals surface area contributed by atoms with Gasteiger partial charge in [-0.05, 0) is 87.2 Å². The molecule has 0 atom stereocenters. The predicted octanol–water partition coefficient (Wildman–Crippen LogP) is 12.0. The van der Waals surface area contributed by atoms with Gasteiger partial charge in [-0.25, -0.2) is 0 Å². The molecule has 9 rings (SSSR count). The quantitative estimate of drug-likeness (QED) is 0.178. The third-order valence-electron chi connectivity index (χ3n) is 9.34. The van der Waals surface area contributed by atoms with Crippen LogP contribution in [0.4, 0.5) is 0 Å². The largest absolute Gasteiger partial charge is 0.135 e. The summed E-state index contributed by atoms with van der Waals surface area (Å²) in [6.07, 6.45) is 4.15. The Hall–Kier alpha value is -4.98. The van der Waals surface area contributed by atoms with E-state index in [1.807, 2.05) is 18.3 Å².